The smallest absolute Gasteiger partial charge is 0.159 e. The van der Waals surface area contributed by atoms with Crippen molar-refractivity contribution in [1.29, 1.82) is 5.26 Å². The van der Waals surface area contributed by atoms with E-state index >= 15 is 0 Å². The van der Waals surface area contributed by atoms with Crippen molar-refractivity contribution in [1.82, 2.24) is 0 Å². The van der Waals surface area contributed by atoms with Crippen LogP contribution in [0.1, 0.15) is 0 Å². The van der Waals surface area contributed by atoms with Crippen LogP contribution < -0.4 is 0 Å². The van der Waals surface area contributed by atoms with Crippen LogP contribution in [-0.4, -0.2) is 0 Å². The Morgan fingerprint density at radius 3 is 2.20 bits per heavy atom. The topological polar surface area (TPSA) is 23.8 Å². The third-order valence-corrected chi connectivity index (χ3v) is 0.704. The van der Waals surface area contributed by atoms with E-state index in [0.29, 0.717) is 6.08 Å². The highest BCUT2D eigenvalue weighted by atomic mass is 19.2. The monoisotopic (exact) mass is 141 g/mol. The van der Waals surface area contributed by atoms with Crippen molar-refractivity contribution in [3.8, 4) is 6.07 Å². The number of hydrogen-bond acceptors (Lipinski definition) is 1. The first-order chi connectivity index (χ1) is 4.57. The van der Waals surface area contributed by atoms with Crippen LogP contribution in [0.5, 0.6) is 0 Å². The number of halogens is 2. The van der Waals surface area contributed by atoms with Crippen molar-refractivity contribution in [2.45, 2.75) is 0 Å². The third kappa shape index (κ3) is 2.78. The fourth-order valence-corrected chi connectivity index (χ4v) is 0.264. The normalized spacial score (nSPS) is 10.3. The number of rotatable bonds is 2. The van der Waals surface area contributed by atoms with Gasteiger partial charge < -0.3 is 0 Å². The second-order valence-electron chi connectivity index (χ2n) is 1.53. The Morgan fingerprint density at radius 2 is 1.90 bits per heavy atom. The predicted octanol–water partition coefficient (Wildman–Crippen LogP) is 2.40. The molecule has 0 aliphatic rings. The van der Waals surface area contributed by atoms with E-state index in [0.717, 1.165) is 0 Å². The quantitative estimate of drug-likeness (QED) is 0.428. The summed E-state index contributed by atoms with van der Waals surface area (Å²) in [5, 5.41) is 8.05. The van der Waals surface area contributed by atoms with Gasteiger partial charge in [0.2, 0.25) is 0 Å². The van der Waals surface area contributed by atoms with Crippen molar-refractivity contribution in [3.63, 3.8) is 0 Å². The van der Waals surface area contributed by atoms with E-state index in [-0.39, 0.29) is 5.57 Å². The van der Waals surface area contributed by atoms with Gasteiger partial charge in [0.05, 0.1) is 6.07 Å². The van der Waals surface area contributed by atoms with E-state index in [1.54, 1.807) is 0 Å². The van der Waals surface area contributed by atoms with E-state index in [9.17, 15) is 8.78 Å². The summed E-state index contributed by atoms with van der Waals surface area (Å²) >= 11 is 0. The first kappa shape index (κ1) is 8.57. The highest BCUT2D eigenvalue weighted by Crippen LogP contribution is 2.11. The summed E-state index contributed by atoms with van der Waals surface area (Å²) in [5.74, 6) is -2.36. The van der Waals surface area contributed by atoms with Gasteiger partial charge in [0, 0.05) is 5.57 Å². The van der Waals surface area contributed by atoms with Gasteiger partial charge in [-0.25, -0.2) is 8.78 Å². The standard InChI is InChI=1S/C7H5F2N/c1-5(4-10)3-7(9)6(2)8/h3H,1-2H2/b7-3+. The molecule has 0 aromatic rings. The van der Waals surface area contributed by atoms with Gasteiger partial charge in [0.25, 0.3) is 0 Å². The van der Waals surface area contributed by atoms with Gasteiger partial charge in [-0.2, -0.15) is 5.26 Å². The lowest BCUT2D eigenvalue weighted by Gasteiger charge is -1.86. The lowest BCUT2D eigenvalue weighted by Crippen LogP contribution is -1.74. The molecule has 0 radical (unpaired) electrons. The molecule has 0 saturated carbocycles. The minimum atomic E-state index is -1.20. The Labute approximate surface area is 57.6 Å². The van der Waals surface area contributed by atoms with Gasteiger partial charge in [-0.3, -0.25) is 0 Å². The Kier molecular flexibility index (Phi) is 3.06. The van der Waals surface area contributed by atoms with Gasteiger partial charge in [-0.05, 0) is 6.08 Å². The molecule has 0 spiro atoms. The second kappa shape index (κ2) is 3.57. The second-order valence-corrected chi connectivity index (χ2v) is 1.53. The molecule has 0 heterocycles. The fraction of sp³-hybridized carbons (Fsp3) is 0. The maximum absolute atomic E-state index is 12.1. The zero-order chi connectivity index (χ0) is 8.15. The average molecular weight is 141 g/mol. The van der Waals surface area contributed by atoms with Crippen LogP contribution in [0.25, 0.3) is 0 Å². The molecule has 0 rings (SSSR count). The molecule has 52 valence electrons. The molecule has 0 N–H and O–H groups in total. The third-order valence-electron chi connectivity index (χ3n) is 0.704. The van der Waals surface area contributed by atoms with E-state index in [1.807, 2.05) is 0 Å². The van der Waals surface area contributed by atoms with E-state index in [1.165, 1.54) is 6.07 Å². The molecule has 0 aromatic carbocycles. The van der Waals surface area contributed by atoms with Crippen LogP contribution in [0, 0.1) is 11.3 Å². The van der Waals surface area contributed by atoms with Gasteiger partial charge in [0.1, 0.15) is 0 Å². The number of nitriles is 1. The van der Waals surface area contributed by atoms with Gasteiger partial charge in [-0.1, -0.05) is 13.2 Å². The van der Waals surface area contributed by atoms with Crippen molar-refractivity contribution >= 4 is 0 Å². The predicted molar refractivity (Wildman–Crippen MR) is 34.2 cm³/mol. The van der Waals surface area contributed by atoms with Crippen molar-refractivity contribution in [2.75, 3.05) is 0 Å². The van der Waals surface area contributed by atoms with E-state index < -0.39 is 11.7 Å². The number of nitrogens with zero attached hydrogens (tertiary/aromatic N) is 1. The van der Waals surface area contributed by atoms with Gasteiger partial charge in [-0.15, -0.1) is 0 Å². The molecule has 0 aliphatic heterocycles. The molecule has 0 amide bonds. The minimum Gasteiger partial charge on any atom is -0.204 e. The summed E-state index contributed by atoms with van der Waals surface area (Å²) in [6.45, 7) is 5.79. The molecular weight excluding hydrogens is 136 g/mol. The Balaban J connectivity index is 4.35. The van der Waals surface area contributed by atoms with E-state index in [4.69, 9.17) is 5.26 Å². The Hall–Kier alpha value is -1.43. The van der Waals surface area contributed by atoms with Crippen LogP contribution in [0.2, 0.25) is 0 Å². The lowest BCUT2D eigenvalue weighted by molar-refractivity contribution is 0.548. The molecule has 0 fully saturated rings. The van der Waals surface area contributed by atoms with Crippen molar-refractivity contribution in [2.24, 2.45) is 0 Å². The summed E-state index contributed by atoms with van der Waals surface area (Å²) in [7, 11) is 0. The molecule has 0 atom stereocenters. The molecule has 1 nitrogen and oxygen atoms in total. The fourth-order valence-electron chi connectivity index (χ4n) is 0.264. The van der Waals surface area contributed by atoms with Crippen LogP contribution in [0.15, 0.2) is 36.5 Å². The van der Waals surface area contributed by atoms with Crippen molar-refractivity contribution < 1.29 is 8.78 Å². The number of allylic oxidation sites excluding steroid dienone is 4. The van der Waals surface area contributed by atoms with Crippen LogP contribution in [0.4, 0.5) is 8.78 Å². The molecular formula is C7H5F2N. The van der Waals surface area contributed by atoms with E-state index in [2.05, 4.69) is 13.2 Å². The zero-order valence-electron chi connectivity index (χ0n) is 5.19. The van der Waals surface area contributed by atoms with Crippen LogP contribution >= 0.6 is 0 Å². The molecule has 0 bridgehead atoms. The summed E-state index contributed by atoms with van der Waals surface area (Å²) in [5.41, 5.74) is -0.142. The zero-order valence-corrected chi connectivity index (χ0v) is 5.19. The maximum Gasteiger partial charge on any atom is 0.159 e. The van der Waals surface area contributed by atoms with Gasteiger partial charge >= 0.3 is 0 Å². The first-order valence-corrected chi connectivity index (χ1v) is 2.39. The largest absolute Gasteiger partial charge is 0.204 e. The highest BCUT2D eigenvalue weighted by molar-refractivity contribution is 5.34. The minimum absolute atomic E-state index is 0.142. The maximum atomic E-state index is 12.1. The van der Waals surface area contributed by atoms with Crippen molar-refractivity contribution in [3.05, 3.63) is 36.5 Å². The van der Waals surface area contributed by atoms with Crippen LogP contribution in [-0.2, 0) is 0 Å². The summed E-state index contributed by atoms with van der Waals surface area (Å²) in [6, 6.07) is 1.53. The Morgan fingerprint density at radius 1 is 1.40 bits per heavy atom. The summed E-state index contributed by atoms with van der Waals surface area (Å²) in [4.78, 5) is 0. The number of hydrogen-bond donors (Lipinski definition) is 0. The molecule has 10 heavy (non-hydrogen) atoms. The summed E-state index contributed by atoms with van der Waals surface area (Å²) < 4.78 is 23.9. The SMILES string of the molecule is C=C(C#N)/C=C(/F)C(=C)F. The lowest BCUT2D eigenvalue weighted by atomic mass is 10.3. The molecule has 0 saturated heterocycles. The first-order valence-electron chi connectivity index (χ1n) is 2.39. The average Bonchev–Trinajstić information content (AvgIpc) is 1.87. The highest BCUT2D eigenvalue weighted by Gasteiger charge is 1.98. The summed E-state index contributed by atoms with van der Waals surface area (Å²) in [6.07, 6.45) is 0.683. The van der Waals surface area contributed by atoms with Gasteiger partial charge in [0.15, 0.2) is 11.7 Å². The molecule has 3 heteroatoms. The molecule has 0 unspecified atom stereocenters. The van der Waals surface area contributed by atoms with Crippen LogP contribution in [0.3, 0.4) is 0 Å². The molecule has 0 aliphatic carbocycles. The molecule has 0 aromatic heterocycles. The Bertz CT molecular complexity index is 232.